The van der Waals surface area contributed by atoms with E-state index in [0.717, 1.165) is 39.6 Å². The van der Waals surface area contributed by atoms with Crippen molar-refractivity contribution in [2.24, 2.45) is 5.73 Å². The van der Waals surface area contributed by atoms with Crippen LogP contribution in [0.15, 0.2) is 211 Å². The maximum atomic E-state index is 12.4. The van der Waals surface area contributed by atoms with Crippen molar-refractivity contribution in [3.63, 3.8) is 0 Å². The van der Waals surface area contributed by atoms with E-state index in [2.05, 4.69) is 26.6 Å². The first-order chi connectivity index (χ1) is 59.9. The van der Waals surface area contributed by atoms with E-state index in [9.17, 15) is 62.3 Å². The normalized spacial score (nSPS) is 12.5. The number of phenolic OH excluding ortho intramolecular Hbond substituents is 1. The number of H-pyrrole nitrogens is 1. The Kier molecular flexibility index (Phi) is 38.4. The summed E-state index contributed by atoms with van der Waals surface area (Å²) in [5, 5.41) is 26.5. The van der Waals surface area contributed by atoms with Crippen molar-refractivity contribution in [2.45, 2.75) is 79.1 Å². The summed E-state index contributed by atoms with van der Waals surface area (Å²) in [5.74, 6) is 0.0758. The lowest BCUT2D eigenvalue weighted by molar-refractivity contribution is -0.179. The molecule has 30 heteroatoms. The Morgan fingerprint density at radius 1 is 0.480 bits per heavy atom. The number of rotatable bonds is 30. The number of nitrogens with two attached hydrogens (primary N) is 1. The average Bonchev–Trinajstić information content (AvgIpc) is 1.21. The molecule has 0 aliphatic carbocycles. The van der Waals surface area contributed by atoms with E-state index in [-0.39, 0.29) is 95.3 Å². The number of benzene rings is 8. The number of fused-ring (bicyclic) bond motifs is 4. The van der Waals surface area contributed by atoms with Gasteiger partial charge in [-0.05, 0) is 193 Å². The molecule has 4 aliphatic heterocycles. The maximum Gasteiger partial charge on any atom is 0.266 e. The van der Waals surface area contributed by atoms with Crippen LogP contribution in [0.1, 0.15) is 164 Å². The number of amides is 9. The Labute approximate surface area is 733 Å². The summed E-state index contributed by atoms with van der Waals surface area (Å²) >= 11 is 3.28. The number of alkyl halides is 1. The number of carbonyl (C=O) groups excluding carboxylic acids is 12. The number of nitrogens with zero attached hydrogens (tertiary/aromatic N) is 8. The fourth-order valence-electron chi connectivity index (χ4n) is 12.8. The van der Waals surface area contributed by atoms with Crippen LogP contribution in [0.3, 0.4) is 0 Å². The third kappa shape index (κ3) is 28.5. The highest BCUT2D eigenvalue weighted by Gasteiger charge is 2.38. The number of ether oxygens (including phenoxy) is 5. The highest BCUT2D eigenvalue weighted by Crippen LogP contribution is 2.30. The number of aromatic amines is 1. The van der Waals surface area contributed by atoms with Crippen molar-refractivity contribution in [3.8, 4) is 46.3 Å². The molecular formula is C95H99BrN10O19. The molecule has 650 valence electrons. The van der Waals surface area contributed by atoms with Gasteiger partial charge in [0.15, 0.2) is 5.78 Å². The van der Waals surface area contributed by atoms with Crippen molar-refractivity contribution in [2.75, 3.05) is 93.7 Å². The summed E-state index contributed by atoms with van der Waals surface area (Å²) in [5.41, 5.74) is 13.6. The summed E-state index contributed by atoms with van der Waals surface area (Å²) in [4.78, 5) is 164. The Bertz CT molecular complexity index is 5380. The molecule has 0 saturated heterocycles. The molecule has 13 rings (SSSR count). The van der Waals surface area contributed by atoms with Crippen LogP contribution in [0.4, 0.5) is 0 Å². The summed E-state index contributed by atoms with van der Waals surface area (Å²) in [6.07, 6.45) is 4.65. The number of methoxy groups -OCH3 is 2. The van der Waals surface area contributed by atoms with Crippen molar-refractivity contribution in [3.05, 3.63) is 289 Å². The second-order valence-electron chi connectivity index (χ2n) is 28.8. The van der Waals surface area contributed by atoms with Gasteiger partial charge in [-0.25, -0.2) is 0 Å². The zero-order valence-electron chi connectivity index (χ0n) is 71.1. The molecule has 0 bridgehead atoms. The number of primary amides is 1. The molecule has 5 heterocycles. The highest BCUT2D eigenvalue weighted by atomic mass is 79.9. The van der Waals surface area contributed by atoms with Crippen LogP contribution in [-0.2, 0) is 41.5 Å². The van der Waals surface area contributed by atoms with Gasteiger partial charge in [-0.15, -0.1) is 0 Å². The van der Waals surface area contributed by atoms with Gasteiger partial charge in [-0.2, -0.15) is 10.5 Å². The number of nitrogens with one attached hydrogen (secondary N) is 1. The predicted octanol–water partition coefficient (Wildman–Crippen LogP) is 12.5. The van der Waals surface area contributed by atoms with Crippen LogP contribution in [-0.4, -0.2) is 210 Å². The number of aromatic nitrogens is 1. The van der Waals surface area contributed by atoms with Gasteiger partial charge in [-0.3, -0.25) is 86.8 Å². The number of phenols is 1. The number of aromatic hydroxyl groups is 1. The molecule has 4 aliphatic rings. The fourth-order valence-corrected chi connectivity index (χ4v) is 13.1. The molecule has 125 heavy (non-hydrogen) atoms. The quantitative estimate of drug-likeness (QED) is 0.0124. The molecule has 0 unspecified atom stereocenters. The number of aryl methyl sites for hydroxylation is 1. The average molecular weight is 1760 g/mol. The topological polar surface area (TPSA) is 397 Å². The Morgan fingerprint density at radius 2 is 0.800 bits per heavy atom. The molecule has 8 aromatic carbocycles. The van der Waals surface area contributed by atoms with Crippen LogP contribution in [0.5, 0.6) is 23.0 Å². The van der Waals surface area contributed by atoms with E-state index in [1.54, 1.807) is 194 Å². The van der Waals surface area contributed by atoms with Gasteiger partial charge in [0.1, 0.15) is 52.6 Å². The van der Waals surface area contributed by atoms with E-state index in [4.69, 9.17) is 39.3 Å². The summed E-state index contributed by atoms with van der Waals surface area (Å²) in [6, 6.07) is 61.2. The van der Waals surface area contributed by atoms with Gasteiger partial charge in [0, 0.05) is 95.7 Å². The van der Waals surface area contributed by atoms with E-state index in [1.165, 1.54) is 19.6 Å². The summed E-state index contributed by atoms with van der Waals surface area (Å²) in [6.45, 7) is 8.97. The Hall–Kier alpha value is -14.2. The second kappa shape index (κ2) is 49.1. The molecule has 0 saturated carbocycles. The number of carbonyl (C=O) groups is 12. The number of halogens is 1. The van der Waals surface area contributed by atoms with Crippen molar-refractivity contribution >= 4 is 92.0 Å². The maximum absolute atomic E-state index is 12.4. The number of nitriles is 2. The van der Waals surface area contributed by atoms with E-state index in [0.29, 0.717) is 145 Å². The zero-order valence-corrected chi connectivity index (χ0v) is 72.7. The largest absolute Gasteiger partial charge is 0.508 e. The number of ketones is 3. The highest BCUT2D eigenvalue weighted by molar-refractivity contribution is 9.09. The van der Waals surface area contributed by atoms with Gasteiger partial charge in [0.2, 0.25) is 12.3 Å². The molecule has 9 amide bonds. The van der Waals surface area contributed by atoms with Crippen LogP contribution in [0.2, 0.25) is 0 Å². The van der Waals surface area contributed by atoms with Gasteiger partial charge in [-0.1, -0.05) is 113 Å². The Morgan fingerprint density at radius 3 is 1.06 bits per heavy atom. The molecule has 9 aromatic rings. The number of allylic oxidation sites excluding steroid dienone is 1. The minimum absolute atomic E-state index is 0.00619. The number of hydrogen-bond donors (Lipinski definition) is 3. The first-order valence-electron chi connectivity index (χ1n) is 39.6. The lowest BCUT2D eigenvalue weighted by Gasteiger charge is -2.19. The summed E-state index contributed by atoms with van der Waals surface area (Å²) in [7, 11) is 10.7. The minimum Gasteiger partial charge on any atom is -0.508 e. The van der Waals surface area contributed by atoms with Gasteiger partial charge >= 0.3 is 0 Å². The lowest BCUT2D eigenvalue weighted by Crippen LogP contribution is -2.31. The molecule has 0 fully saturated rings. The molecule has 0 spiro atoms. The SMILES string of the molecule is CC(=O)/C(=C\N(C)C)c1ccc(OCCCN2C(=O)c3ccccc3C2=O)cc1.CC(=O)Cc1ccc(O)cc1.CC(=O)Cc1ccc(OCCCN2C(=O)c3ccccc3C2=O)cc1.COC(OC)N(C)C.Cc1[nH]c(=O)c(C#N)cc1-c1ccc(OCCCN2C(=O)c3ccccc3C2=O)cc1.N#CCC(N)=O.O=C1c2ccccc2C(=O)N1CCCBr. The number of Topliss-reactive ketones (excluding diaryl/α,β-unsaturated/α-hetero) is 3. The first kappa shape index (κ1) is 97.9. The fraction of sp³-hybridized carbons (Fsp3) is 0.274. The molecule has 0 radical (unpaired) electrons. The van der Waals surface area contributed by atoms with Gasteiger partial charge < -0.3 is 44.4 Å². The van der Waals surface area contributed by atoms with E-state index in [1.807, 2.05) is 105 Å². The number of imide groups is 4. The van der Waals surface area contributed by atoms with Crippen LogP contribution in [0, 0.1) is 29.6 Å². The van der Waals surface area contributed by atoms with E-state index >= 15 is 0 Å². The van der Waals surface area contributed by atoms with Crippen LogP contribution in [0.25, 0.3) is 16.7 Å². The monoisotopic (exact) mass is 1760 g/mol. The standard InChI is InChI=1S/C24H19N3O4.C23H24N2O4.C20H19NO4.C11H10BrNO2.C9H10O2.C5H13NO2.C3H4N2O/c1-15-21(13-17(14-25)22(28)26-15)16-7-9-18(10-8-16)31-12-4-11-27-23(29)19-5-2-3-6-20(19)24(27)30;1-16(26)21(15-24(2)3)17-9-11-18(12-10-17)29-14-6-13-25-22(27)19-7-4-5-8-20(19)23(25)28;1-14(22)13-15-7-9-16(10-8-15)25-12-4-11-21-19(23)17-5-2-3-6-18(17)20(21)24;12-6-3-7-13-10(14)8-4-1-2-5-9(8)11(13)15;1-7(10)6-8-2-4-9(11)5-3-8;1-6(2)5(7-3)8-4;4-2-1-3(5)6/h2-3,5-10,13H,4,11-12H2,1H3,(H,26,28);4-5,7-12,15H,6,13-14H2,1-3H3;2-3,5-10H,4,11-13H2,1H3;1-2,4-5H,3,6-7H2;2-5,11H,6H2,1H3;5H,1-4H3;1H2,(H2,5,6)/b;21-15+;;;;;. The molecule has 0 atom stereocenters. The van der Waals surface area contributed by atoms with Gasteiger partial charge in [0.05, 0.1) is 70.4 Å². The van der Waals surface area contributed by atoms with Gasteiger partial charge in [0.25, 0.3) is 52.8 Å². The lowest BCUT2D eigenvalue weighted by atomic mass is 10.0. The van der Waals surface area contributed by atoms with Crippen LogP contribution < -0.4 is 25.5 Å². The predicted molar refractivity (Wildman–Crippen MR) is 471 cm³/mol. The molecule has 1 aromatic heterocycles. The second-order valence-corrected chi connectivity index (χ2v) is 29.6. The molecule has 4 N–H and O–H groups in total. The van der Waals surface area contributed by atoms with E-state index < -0.39 is 11.5 Å². The van der Waals surface area contributed by atoms with Crippen molar-refractivity contribution in [1.29, 1.82) is 10.5 Å². The van der Waals surface area contributed by atoms with Crippen molar-refractivity contribution < 1.29 is 86.3 Å². The molecule has 29 nitrogen and oxygen atoms in total. The zero-order chi connectivity index (χ0) is 91.4. The smallest absolute Gasteiger partial charge is 0.266 e. The third-order valence-corrected chi connectivity index (χ3v) is 19.3. The summed E-state index contributed by atoms with van der Waals surface area (Å²) < 4.78 is 26.8. The molecular weight excluding hydrogens is 1660 g/mol. The Balaban J connectivity index is 0.000000213. The first-order valence-corrected chi connectivity index (χ1v) is 40.7. The van der Waals surface area contributed by atoms with Crippen molar-refractivity contribution in [1.82, 2.24) is 34.4 Å². The number of pyridine rings is 1. The number of hydrogen-bond acceptors (Lipinski definition) is 23. The third-order valence-electron chi connectivity index (χ3n) is 18.7. The minimum atomic E-state index is -0.572. The van der Waals surface area contributed by atoms with Crippen LogP contribution >= 0.6 is 15.9 Å².